The molecule has 90 valence electrons. The maximum atomic E-state index is 9.09. The first-order valence-electron chi connectivity index (χ1n) is 5.10. The summed E-state index contributed by atoms with van der Waals surface area (Å²) in [5.41, 5.74) is 1.26. The highest BCUT2D eigenvalue weighted by Crippen LogP contribution is 2.32. The van der Waals surface area contributed by atoms with Crippen LogP contribution in [0.5, 0.6) is 11.6 Å². The van der Waals surface area contributed by atoms with Crippen LogP contribution in [0, 0.1) is 18.3 Å². The summed E-state index contributed by atoms with van der Waals surface area (Å²) in [5.74, 6) is 0.856. The van der Waals surface area contributed by atoms with Crippen LogP contribution in [-0.2, 0) is 0 Å². The topological polar surface area (TPSA) is 45.9 Å². The van der Waals surface area contributed by atoms with E-state index in [0.717, 1.165) is 5.56 Å². The number of nitrogens with zero attached hydrogens (tertiary/aromatic N) is 2. The summed E-state index contributed by atoms with van der Waals surface area (Å²) in [6.45, 7) is 1.84. The van der Waals surface area contributed by atoms with Crippen LogP contribution in [0.25, 0.3) is 0 Å². The lowest BCUT2D eigenvalue weighted by Crippen LogP contribution is -1.94. The van der Waals surface area contributed by atoms with Gasteiger partial charge < -0.3 is 4.74 Å². The number of halogens is 2. The van der Waals surface area contributed by atoms with E-state index in [1.54, 1.807) is 30.5 Å². The molecular formula is C13H8BrClN2O. The van der Waals surface area contributed by atoms with Crippen molar-refractivity contribution in [3.8, 4) is 17.7 Å². The fourth-order valence-corrected chi connectivity index (χ4v) is 2.17. The first kappa shape index (κ1) is 12.9. The van der Waals surface area contributed by atoms with Crippen LogP contribution in [0.4, 0.5) is 0 Å². The predicted octanol–water partition coefficient (Wildman–Crippen LogP) is 4.47. The van der Waals surface area contributed by atoms with Gasteiger partial charge in [-0.05, 0) is 52.7 Å². The van der Waals surface area contributed by atoms with Gasteiger partial charge in [0.05, 0.1) is 4.47 Å². The molecule has 0 saturated carbocycles. The van der Waals surface area contributed by atoms with Crippen molar-refractivity contribution < 1.29 is 4.74 Å². The zero-order valence-corrected chi connectivity index (χ0v) is 11.8. The molecule has 0 aliphatic rings. The number of hydrogen-bond acceptors (Lipinski definition) is 3. The standard InChI is InChI=1S/C13H8BrClN2O/c1-8-4-5-17-13(10(8)7-16)18-12-3-2-9(15)6-11(12)14/h2-6H,1H3. The Labute approximate surface area is 118 Å². The van der Waals surface area contributed by atoms with Crippen molar-refractivity contribution in [1.29, 1.82) is 5.26 Å². The summed E-state index contributed by atoms with van der Waals surface area (Å²) >= 11 is 9.20. The van der Waals surface area contributed by atoms with Gasteiger partial charge in [-0.1, -0.05) is 11.6 Å². The number of ether oxygens (including phenoxy) is 1. The van der Waals surface area contributed by atoms with Gasteiger partial charge in [0.25, 0.3) is 0 Å². The molecule has 0 bridgehead atoms. The summed E-state index contributed by atoms with van der Waals surface area (Å²) < 4.78 is 6.34. The largest absolute Gasteiger partial charge is 0.436 e. The third-order valence-electron chi connectivity index (χ3n) is 2.34. The zero-order valence-electron chi connectivity index (χ0n) is 9.45. The smallest absolute Gasteiger partial charge is 0.237 e. The highest BCUT2D eigenvalue weighted by atomic mass is 79.9. The number of rotatable bonds is 2. The second-order valence-corrected chi connectivity index (χ2v) is 4.89. The minimum Gasteiger partial charge on any atom is -0.436 e. The van der Waals surface area contributed by atoms with Crippen molar-refractivity contribution >= 4 is 27.5 Å². The lowest BCUT2D eigenvalue weighted by atomic mass is 10.2. The number of hydrogen-bond donors (Lipinski definition) is 0. The first-order valence-corrected chi connectivity index (χ1v) is 6.27. The van der Waals surface area contributed by atoms with Gasteiger partial charge in [-0.25, -0.2) is 4.98 Å². The van der Waals surface area contributed by atoms with Gasteiger partial charge in [0.2, 0.25) is 5.88 Å². The van der Waals surface area contributed by atoms with E-state index in [2.05, 4.69) is 27.0 Å². The summed E-state index contributed by atoms with van der Waals surface area (Å²) in [4.78, 5) is 4.07. The molecule has 0 spiro atoms. The van der Waals surface area contributed by atoms with Crippen LogP contribution in [0.15, 0.2) is 34.9 Å². The Balaban J connectivity index is 2.41. The van der Waals surface area contributed by atoms with E-state index in [1.807, 2.05) is 6.92 Å². The number of nitriles is 1. The molecule has 0 atom stereocenters. The number of aryl methyl sites for hydroxylation is 1. The van der Waals surface area contributed by atoms with Crippen LogP contribution < -0.4 is 4.74 Å². The molecule has 0 fully saturated rings. The minimum atomic E-state index is 0.292. The van der Waals surface area contributed by atoms with Crippen LogP contribution >= 0.6 is 27.5 Å². The van der Waals surface area contributed by atoms with E-state index >= 15 is 0 Å². The normalized spacial score (nSPS) is 9.89. The van der Waals surface area contributed by atoms with Gasteiger partial charge in [0.15, 0.2) is 0 Å². The molecule has 1 aromatic carbocycles. The van der Waals surface area contributed by atoms with Crippen molar-refractivity contribution in [2.75, 3.05) is 0 Å². The first-order chi connectivity index (χ1) is 8.61. The van der Waals surface area contributed by atoms with Gasteiger partial charge >= 0.3 is 0 Å². The summed E-state index contributed by atoms with van der Waals surface area (Å²) in [7, 11) is 0. The van der Waals surface area contributed by atoms with Gasteiger partial charge in [-0.3, -0.25) is 0 Å². The average Bonchev–Trinajstić information content (AvgIpc) is 2.33. The second-order valence-electron chi connectivity index (χ2n) is 3.60. The molecule has 0 saturated heterocycles. The lowest BCUT2D eigenvalue weighted by Gasteiger charge is -2.09. The van der Waals surface area contributed by atoms with Crippen molar-refractivity contribution in [3.05, 3.63) is 51.1 Å². The van der Waals surface area contributed by atoms with Crippen molar-refractivity contribution in [3.63, 3.8) is 0 Å². The third kappa shape index (κ3) is 2.63. The Kier molecular flexibility index (Phi) is 3.85. The zero-order chi connectivity index (χ0) is 13.1. The molecule has 0 N–H and O–H groups in total. The fourth-order valence-electron chi connectivity index (χ4n) is 1.41. The average molecular weight is 324 g/mol. The maximum Gasteiger partial charge on any atom is 0.237 e. The summed E-state index contributed by atoms with van der Waals surface area (Å²) in [6, 6.07) is 9.00. The van der Waals surface area contributed by atoms with Crippen molar-refractivity contribution in [2.45, 2.75) is 6.92 Å². The Morgan fingerprint density at radius 2 is 2.17 bits per heavy atom. The van der Waals surface area contributed by atoms with Crippen LogP contribution in [-0.4, -0.2) is 4.98 Å². The molecule has 0 radical (unpaired) electrons. The SMILES string of the molecule is Cc1ccnc(Oc2ccc(Cl)cc2Br)c1C#N. The summed E-state index contributed by atoms with van der Waals surface area (Å²) in [6.07, 6.45) is 1.61. The molecule has 1 aromatic heterocycles. The Morgan fingerprint density at radius 3 is 2.83 bits per heavy atom. The third-order valence-corrected chi connectivity index (χ3v) is 3.19. The van der Waals surface area contributed by atoms with E-state index in [9.17, 15) is 0 Å². The predicted molar refractivity (Wildman–Crippen MR) is 72.9 cm³/mol. The van der Waals surface area contributed by atoms with Gasteiger partial charge in [-0.2, -0.15) is 5.26 Å². The van der Waals surface area contributed by atoms with Crippen molar-refractivity contribution in [2.24, 2.45) is 0 Å². The van der Waals surface area contributed by atoms with E-state index < -0.39 is 0 Å². The molecule has 1 heterocycles. The van der Waals surface area contributed by atoms with E-state index in [1.165, 1.54) is 0 Å². The highest BCUT2D eigenvalue weighted by molar-refractivity contribution is 9.10. The number of benzene rings is 1. The van der Waals surface area contributed by atoms with E-state index in [-0.39, 0.29) is 0 Å². The number of pyridine rings is 1. The monoisotopic (exact) mass is 322 g/mol. The molecule has 3 nitrogen and oxygen atoms in total. The Hall–Kier alpha value is -1.57. The van der Waals surface area contributed by atoms with Crippen LogP contribution in [0.3, 0.4) is 0 Å². The van der Waals surface area contributed by atoms with Gasteiger partial charge in [0.1, 0.15) is 17.4 Å². The van der Waals surface area contributed by atoms with Crippen LogP contribution in [0.1, 0.15) is 11.1 Å². The molecule has 2 aromatic rings. The highest BCUT2D eigenvalue weighted by Gasteiger charge is 2.10. The fraction of sp³-hybridized carbons (Fsp3) is 0.0769. The van der Waals surface area contributed by atoms with Crippen LogP contribution in [0.2, 0.25) is 5.02 Å². The van der Waals surface area contributed by atoms with E-state index in [0.29, 0.717) is 26.7 Å². The molecule has 0 unspecified atom stereocenters. The van der Waals surface area contributed by atoms with E-state index in [4.69, 9.17) is 21.6 Å². The molecule has 5 heteroatoms. The minimum absolute atomic E-state index is 0.292. The Morgan fingerprint density at radius 1 is 1.39 bits per heavy atom. The second kappa shape index (κ2) is 5.38. The van der Waals surface area contributed by atoms with Gasteiger partial charge in [0, 0.05) is 11.2 Å². The lowest BCUT2D eigenvalue weighted by molar-refractivity contribution is 0.458. The maximum absolute atomic E-state index is 9.09. The quantitative estimate of drug-likeness (QED) is 0.819. The van der Waals surface area contributed by atoms with Crippen molar-refractivity contribution in [1.82, 2.24) is 4.98 Å². The number of aromatic nitrogens is 1. The molecular weight excluding hydrogens is 316 g/mol. The van der Waals surface area contributed by atoms with Gasteiger partial charge in [-0.15, -0.1) is 0 Å². The molecule has 2 rings (SSSR count). The molecule has 0 aliphatic heterocycles. The summed E-state index contributed by atoms with van der Waals surface area (Å²) in [5, 5.41) is 9.69. The molecule has 18 heavy (non-hydrogen) atoms. The Bertz CT molecular complexity index is 637. The molecule has 0 aliphatic carbocycles. The molecule has 0 amide bonds.